The van der Waals surface area contributed by atoms with E-state index in [9.17, 15) is 4.57 Å². The number of imidazole rings is 1. The van der Waals surface area contributed by atoms with Gasteiger partial charge in [-0.2, -0.15) is 9.97 Å². The summed E-state index contributed by atoms with van der Waals surface area (Å²) >= 11 is 0. The van der Waals surface area contributed by atoms with Crippen molar-refractivity contribution >= 4 is 25.4 Å². The van der Waals surface area contributed by atoms with Crippen LogP contribution in [0.5, 0.6) is 5.88 Å². The first-order valence-corrected chi connectivity index (χ1v) is 8.92. The third kappa shape index (κ3) is 2.46. The molecule has 10 nitrogen and oxygen atoms in total. The summed E-state index contributed by atoms with van der Waals surface area (Å²) in [6.45, 7) is 4.51. The second-order valence-electron chi connectivity index (χ2n) is 5.71. The summed E-state index contributed by atoms with van der Waals surface area (Å²) in [5.41, 5.74) is 6.82. The lowest BCUT2D eigenvalue weighted by Gasteiger charge is -2.25. The highest BCUT2D eigenvalue weighted by Crippen LogP contribution is 2.46. The summed E-state index contributed by atoms with van der Waals surface area (Å²) in [7, 11) is -2.45. The summed E-state index contributed by atoms with van der Waals surface area (Å²) in [6.07, 6.45) is 0.656. The monoisotopic (exact) mass is 355 g/mol. The van der Waals surface area contributed by atoms with Crippen molar-refractivity contribution in [3.63, 3.8) is 0 Å². The van der Waals surface area contributed by atoms with Gasteiger partial charge in [0.2, 0.25) is 11.8 Å². The maximum Gasteiger partial charge on any atom is 0.319 e. The van der Waals surface area contributed by atoms with Crippen LogP contribution in [0.3, 0.4) is 0 Å². The molecule has 0 aromatic carbocycles. The van der Waals surface area contributed by atoms with E-state index in [0.29, 0.717) is 23.7 Å². The van der Waals surface area contributed by atoms with Crippen LogP contribution in [0.4, 0.5) is 5.95 Å². The topological polar surface area (TPSA) is 124 Å². The van der Waals surface area contributed by atoms with Crippen LogP contribution in [0.2, 0.25) is 0 Å². The number of nitrogens with zero attached hydrogens (tertiary/aromatic N) is 4. The predicted molar refractivity (Wildman–Crippen MR) is 83.8 cm³/mol. The Morgan fingerprint density at radius 3 is 3.12 bits per heavy atom. The molecule has 1 unspecified atom stereocenters. The minimum atomic E-state index is -2.45. The molecule has 11 heteroatoms. The van der Waals surface area contributed by atoms with Gasteiger partial charge in [-0.3, -0.25) is 9.13 Å². The van der Waals surface area contributed by atoms with Gasteiger partial charge in [0, 0.05) is 5.92 Å². The molecule has 0 radical (unpaired) electrons. The highest BCUT2D eigenvalue weighted by molar-refractivity contribution is 7.33. The molecule has 2 saturated heterocycles. The van der Waals surface area contributed by atoms with Gasteiger partial charge in [0.25, 0.3) is 0 Å². The van der Waals surface area contributed by atoms with Crippen LogP contribution in [0.1, 0.15) is 20.1 Å². The molecule has 0 amide bonds. The third-order valence-electron chi connectivity index (χ3n) is 4.21. The predicted octanol–water partition coefficient (Wildman–Crippen LogP) is 1.15. The van der Waals surface area contributed by atoms with Crippen LogP contribution in [0.25, 0.3) is 11.2 Å². The van der Waals surface area contributed by atoms with Crippen molar-refractivity contribution < 1.29 is 23.1 Å². The molecule has 0 spiro atoms. The van der Waals surface area contributed by atoms with Crippen molar-refractivity contribution in [2.75, 3.05) is 18.9 Å². The van der Waals surface area contributed by atoms with E-state index in [2.05, 4.69) is 15.0 Å². The molecule has 130 valence electrons. The zero-order valence-electron chi connectivity index (χ0n) is 13.2. The molecule has 4 rings (SSSR count). The molecule has 5 atom stereocenters. The lowest BCUT2D eigenvalue weighted by molar-refractivity contribution is -0.0529. The van der Waals surface area contributed by atoms with Gasteiger partial charge < -0.3 is 24.3 Å². The van der Waals surface area contributed by atoms with E-state index in [-0.39, 0.29) is 36.9 Å². The zero-order valence-corrected chi connectivity index (χ0v) is 14.2. The Labute approximate surface area is 138 Å². The summed E-state index contributed by atoms with van der Waals surface area (Å²) in [4.78, 5) is 12.7. The van der Waals surface area contributed by atoms with Crippen molar-refractivity contribution in [2.24, 2.45) is 5.92 Å². The second-order valence-corrected chi connectivity index (χ2v) is 6.74. The number of ether oxygens (including phenoxy) is 2. The summed E-state index contributed by atoms with van der Waals surface area (Å²) in [5, 5.41) is 0. The largest absolute Gasteiger partial charge is 0.476 e. The molecule has 2 aromatic rings. The van der Waals surface area contributed by atoms with Crippen molar-refractivity contribution in [3.8, 4) is 5.88 Å². The van der Waals surface area contributed by atoms with Crippen molar-refractivity contribution in [3.05, 3.63) is 6.33 Å². The van der Waals surface area contributed by atoms with Crippen LogP contribution in [0, 0.1) is 5.92 Å². The van der Waals surface area contributed by atoms with E-state index in [1.165, 1.54) is 0 Å². The Bertz CT molecular complexity index is 798. The van der Waals surface area contributed by atoms with Crippen LogP contribution >= 0.6 is 8.25 Å². The fourth-order valence-electron chi connectivity index (χ4n) is 3.14. The molecule has 0 saturated carbocycles. The van der Waals surface area contributed by atoms with Crippen LogP contribution in [0.15, 0.2) is 6.33 Å². The SMILES string of the molecule is CCOc1nc(N)nc2c1ncn2[C@@H]1O[C@@H]2CO[PH](=O)O[C@H]2[C@@H]1C. The average Bonchev–Trinajstić information content (AvgIpc) is 3.09. The fraction of sp³-hybridized carbons (Fsp3) is 0.615. The van der Waals surface area contributed by atoms with Crippen LogP contribution in [-0.2, 0) is 18.3 Å². The molecule has 2 aliphatic heterocycles. The molecule has 2 aromatic heterocycles. The first-order chi connectivity index (χ1) is 11.6. The van der Waals surface area contributed by atoms with Crippen LogP contribution in [-0.4, -0.2) is 44.9 Å². The standard InChI is InChI=1S/C13H18N5O5P/c1-3-20-11-8-10(16-13(14)17-11)18(5-15-8)12-6(2)9-7(22-12)4-21-24(19)23-9/h5-7,9,12,24H,3-4H2,1-2H3,(H2,14,16,17)/t6-,7+,9-,12+/m0/s1. The smallest absolute Gasteiger partial charge is 0.319 e. The first kappa shape index (κ1) is 15.8. The molecular formula is C13H18N5O5P. The van der Waals surface area contributed by atoms with Gasteiger partial charge in [0.1, 0.15) is 18.4 Å². The summed E-state index contributed by atoms with van der Waals surface area (Å²) in [6, 6.07) is 0. The Balaban J connectivity index is 1.73. The van der Waals surface area contributed by atoms with Gasteiger partial charge in [0.15, 0.2) is 11.2 Å². The number of hydrogen-bond donors (Lipinski definition) is 1. The molecule has 24 heavy (non-hydrogen) atoms. The Morgan fingerprint density at radius 1 is 1.50 bits per heavy atom. The van der Waals surface area contributed by atoms with E-state index >= 15 is 0 Å². The van der Waals surface area contributed by atoms with Crippen molar-refractivity contribution in [1.29, 1.82) is 0 Å². The lowest BCUT2D eigenvalue weighted by Crippen LogP contribution is -2.33. The molecule has 0 aliphatic carbocycles. The van der Waals surface area contributed by atoms with Gasteiger partial charge in [-0.25, -0.2) is 4.98 Å². The van der Waals surface area contributed by atoms with Gasteiger partial charge in [-0.15, -0.1) is 0 Å². The first-order valence-electron chi connectivity index (χ1n) is 7.70. The zero-order chi connectivity index (χ0) is 16.8. The minimum absolute atomic E-state index is 0.0583. The number of hydrogen-bond acceptors (Lipinski definition) is 9. The third-order valence-corrected chi connectivity index (χ3v) is 5.08. The number of fused-ring (bicyclic) bond motifs is 2. The number of nitrogen functional groups attached to an aromatic ring is 1. The Hall–Kier alpha value is -1.74. The second kappa shape index (κ2) is 5.96. The quantitative estimate of drug-likeness (QED) is 0.807. The van der Waals surface area contributed by atoms with Gasteiger partial charge >= 0.3 is 8.25 Å². The number of anilines is 1. The van der Waals surface area contributed by atoms with Crippen LogP contribution < -0.4 is 10.5 Å². The van der Waals surface area contributed by atoms with Crippen molar-refractivity contribution in [2.45, 2.75) is 32.3 Å². The molecule has 0 bridgehead atoms. The fourth-order valence-corrected chi connectivity index (χ4v) is 4.10. The van der Waals surface area contributed by atoms with E-state index < -0.39 is 8.25 Å². The van der Waals surface area contributed by atoms with Crippen molar-refractivity contribution in [1.82, 2.24) is 19.5 Å². The normalized spacial score (nSPS) is 32.8. The van der Waals surface area contributed by atoms with Gasteiger partial charge in [-0.05, 0) is 6.92 Å². The van der Waals surface area contributed by atoms with Gasteiger partial charge in [0.05, 0.1) is 19.5 Å². The average molecular weight is 355 g/mol. The molecule has 4 heterocycles. The summed E-state index contributed by atoms with van der Waals surface area (Å²) < 4.78 is 35.3. The number of aromatic nitrogens is 4. The highest BCUT2D eigenvalue weighted by Gasteiger charge is 2.47. The highest BCUT2D eigenvalue weighted by atomic mass is 31.1. The summed E-state index contributed by atoms with van der Waals surface area (Å²) in [5.74, 6) is 0.379. The van der Waals surface area contributed by atoms with E-state index in [4.69, 9.17) is 24.3 Å². The van der Waals surface area contributed by atoms with E-state index in [1.54, 1.807) is 10.9 Å². The Morgan fingerprint density at radius 2 is 2.33 bits per heavy atom. The molecular weight excluding hydrogens is 337 g/mol. The maximum absolute atomic E-state index is 11.5. The lowest BCUT2D eigenvalue weighted by atomic mass is 10.0. The maximum atomic E-state index is 11.5. The van der Waals surface area contributed by atoms with E-state index in [1.807, 2.05) is 13.8 Å². The number of rotatable bonds is 3. The minimum Gasteiger partial charge on any atom is -0.476 e. The van der Waals surface area contributed by atoms with Gasteiger partial charge in [-0.1, -0.05) is 6.92 Å². The number of nitrogens with two attached hydrogens (primary N) is 1. The molecule has 2 fully saturated rings. The molecule has 2 aliphatic rings. The van der Waals surface area contributed by atoms with E-state index in [0.717, 1.165) is 0 Å². The Kier molecular flexibility index (Phi) is 3.92. The molecule has 2 N–H and O–H groups in total.